The lowest BCUT2D eigenvalue weighted by Gasteiger charge is -2.24. The second-order valence-electron chi connectivity index (χ2n) is 6.95. The van der Waals surface area contributed by atoms with Crippen molar-refractivity contribution in [2.75, 3.05) is 25.0 Å². The molecule has 0 aliphatic carbocycles. The Hall–Kier alpha value is -2.24. The minimum atomic E-state index is -0.453. The van der Waals surface area contributed by atoms with Gasteiger partial charge in [0.25, 0.3) is 6.01 Å². The fraction of sp³-hybridized carbons (Fsp3) is 0.529. The van der Waals surface area contributed by atoms with Crippen molar-refractivity contribution in [3.05, 3.63) is 24.3 Å². The van der Waals surface area contributed by atoms with E-state index in [2.05, 4.69) is 10.3 Å². The van der Waals surface area contributed by atoms with E-state index < -0.39 is 5.60 Å². The van der Waals surface area contributed by atoms with Gasteiger partial charge in [0, 0.05) is 19.6 Å². The highest BCUT2D eigenvalue weighted by Crippen LogP contribution is 2.22. The molecule has 2 aromatic rings. The second-order valence-corrected chi connectivity index (χ2v) is 6.95. The van der Waals surface area contributed by atoms with Gasteiger partial charge in [-0.1, -0.05) is 12.1 Å². The third kappa shape index (κ3) is 3.94. The van der Waals surface area contributed by atoms with Gasteiger partial charge in [-0.05, 0) is 45.2 Å². The topological polar surface area (TPSA) is 67.6 Å². The number of para-hydroxylation sites is 2. The van der Waals surface area contributed by atoms with Crippen LogP contribution in [0.25, 0.3) is 11.1 Å². The first kappa shape index (κ1) is 15.6. The van der Waals surface area contributed by atoms with Crippen molar-refractivity contribution >= 4 is 23.2 Å². The summed E-state index contributed by atoms with van der Waals surface area (Å²) in [4.78, 5) is 18.2. The van der Waals surface area contributed by atoms with Crippen LogP contribution in [0.1, 0.15) is 27.2 Å². The summed E-state index contributed by atoms with van der Waals surface area (Å²) in [5.74, 6) is 0.373. The summed E-state index contributed by atoms with van der Waals surface area (Å²) in [5.41, 5.74) is 1.17. The molecule has 3 rings (SSSR count). The number of hydrogen-bond acceptors (Lipinski definition) is 5. The Morgan fingerprint density at radius 2 is 2.22 bits per heavy atom. The van der Waals surface area contributed by atoms with Gasteiger partial charge in [0.1, 0.15) is 11.1 Å². The zero-order chi connectivity index (χ0) is 16.4. The number of anilines is 1. The number of carbonyl (C=O) groups excluding carboxylic acids is 1. The molecule has 1 aliphatic rings. The number of aromatic nitrogens is 1. The molecular formula is C17H23N3O3. The summed E-state index contributed by atoms with van der Waals surface area (Å²) in [6.07, 6.45) is 0.716. The molecule has 6 nitrogen and oxygen atoms in total. The number of rotatable bonds is 3. The van der Waals surface area contributed by atoms with E-state index in [1.54, 1.807) is 4.90 Å². The van der Waals surface area contributed by atoms with Crippen LogP contribution in [0, 0.1) is 5.92 Å². The fourth-order valence-electron chi connectivity index (χ4n) is 2.67. The second kappa shape index (κ2) is 6.10. The van der Waals surface area contributed by atoms with Crippen LogP contribution in [0.3, 0.4) is 0 Å². The monoisotopic (exact) mass is 317 g/mol. The maximum absolute atomic E-state index is 12.1. The van der Waals surface area contributed by atoms with Crippen LogP contribution in [0.15, 0.2) is 28.7 Å². The summed E-state index contributed by atoms with van der Waals surface area (Å²) in [6, 6.07) is 8.20. The molecule has 0 bridgehead atoms. The third-order valence-electron chi connectivity index (χ3n) is 3.77. The van der Waals surface area contributed by atoms with Crippen molar-refractivity contribution in [3.63, 3.8) is 0 Å². The Kier molecular flexibility index (Phi) is 4.15. The van der Waals surface area contributed by atoms with Gasteiger partial charge in [-0.3, -0.25) is 0 Å². The normalized spacial score (nSPS) is 18.4. The average molecular weight is 317 g/mol. The van der Waals surface area contributed by atoms with Crippen LogP contribution in [0.4, 0.5) is 10.8 Å². The summed E-state index contributed by atoms with van der Waals surface area (Å²) in [6.45, 7) is 7.80. The van der Waals surface area contributed by atoms with E-state index in [9.17, 15) is 4.79 Å². The van der Waals surface area contributed by atoms with Crippen LogP contribution < -0.4 is 5.32 Å². The molecule has 23 heavy (non-hydrogen) atoms. The number of likely N-dealkylation sites (tertiary alicyclic amines) is 1. The quantitative estimate of drug-likeness (QED) is 0.938. The molecule has 1 fully saturated rings. The molecule has 1 atom stereocenters. The highest BCUT2D eigenvalue weighted by Gasteiger charge is 2.29. The maximum Gasteiger partial charge on any atom is 0.410 e. The number of amides is 1. The lowest BCUT2D eigenvalue weighted by atomic mass is 10.1. The standard InChI is InChI=1S/C17H23N3O3/c1-17(2,3)23-16(21)20-9-8-12(11-20)10-18-15-19-13-6-4-5-7-14(13)22-15/h4-7,12H,8-11H2,1-3H3,(H,18,19)/t12-/m0/s1. The summed E-state index contributed by atoms with van der Waals surface area (Å²) in [7, 11) is 0. The van der Waals surface area contributed by atoms with Crippen LogP contribution in [0.5, 0.6) is 0 Å². The molecule has 1 aromatic heterocycles. The molecule has 0 unspecified atom stereocenters. The molecule has 0 radical (unpaired) electrons. The van der Waals surface area contributed by atoms with Crippen molar-refractivity contribution in [1.82, 2.24) is 9.88 Å². The Labute approximate surface area is 135 Å². The minimum absolute atomic E-state index is 0.234. The SMILES string of the molecule is CC(C)(C)OC(=O)N1CC[C@@H](CNc2nc3ccccc3o2)C1. The Bertz CT molecular complexity index is 657. The molecule has 1 N–H and O–H groups in total. The molecular weight excluding hydrogens is 294 g/mol. The van der Waals surface area contributed by atoms with Gasteiger partial charge in [0.05, 0.1) is 0 Å². The molecule has 1 aliphatic heterocycles. The largest absolute Gasteiger partial charge is 0.444 e. The van der Waals surface area contributed by atoms with E-state index in [0.717, 1.165) is 30.6 Å². The van der Waals surface area contributed by atoms with Crippen LogP contribution in [-0.4, -0.2) is 41.2 Å². The van der Waals surface area contributed by atoms with Crippen molar-refractivity contribution in [1.29, 1.82) is 0 Å². The van der Waals surface area contributed by atoms with Gasteiger partial charge < -0.3 is 19.4 Å². The summed E-state index contributed by atoms with van der Waals surface area (Å²) >= 11 is 0. The van der Waals surface area contributed by atoms with Crippen LogP contribution in [-0.2, 0) is 4.74 Å². The van der Waals surface area contributed by atoms with Crippen LogP contribution in [0.2, 0.25) is 0 Å². The Morgan fingerprint density at radius 1 is 1.43 bits per heavy atom. The van der Waals surface area contributed by atoms with Gasteiger partial charge in [-0.15, -0.1) is 0 Å². The van der Waals surface area contributed by atoms with E-state index >= 15 is 0 Å². The number of carbonyl (C=O) groups is 1. The Balaban J connectivity index is 1.51. The van der Waals surface area contributed by atoms with E-state index in [1.807, 2.05) is 45.0 Å². The van der Waals surface area contributed by atoms with Gasteiger partial charge in [0.2, 0.25) is 0 Å². The first-order valence-corrected chi connectivity index (χ1v) is 7.98. The van der Waals surface area contributed by atoms with Gasteiger partial charge in [0.15, 0.2) is 5.58 Å². The van der Waals surface area contributed by atoms with Crippen molar-refractivity contribution < 1.29 is 13.9 Å². The predicted molar refractivity (Wildman–Crippen MR) is 88.4 cm³/mol. The highest BCUT2D eigenvalue weighted by atomic mass is 16.6. The fourth-order valence-corrected chi connectivity index (χ4v) is 2.67. The first-order chi connectivity index (χ1) is 10.9. The number of nitrogens with zero attached hydrogens (tertiary/aromatic N) is 2. The minimum Gasteiger partial charge on any atom is -0.444 e. The van der Waals surface area contributed by atoms with Gasteiger partial charge in [-0.25, -0.2) is 4.79 Å². The zero-order valence-corrected chi connectivity index (χ0v) is 13.8. The molecule has 6 heteroatoms. The first-order valence-electron chi connectivity index (χ1n) is 7.98. The third-order valence-corrected chi connectivity index (χ3v) is 3.77. The van der Waals surface area contributed by atoms with E-state index in [0.29, 0.717) is 18.5 Å². The Morgan fingerprint density at radius 3 is 2.96 bits per heavy atom. The molecule has 124 valence electrons. The lowest BCUT2D eigenvalue weighted by molar-refractivity contribution is 0.0289. The summed E-state index contributed by atoms with van der Waals surface area (Å²) in [5, 5.41) is 3.23. The average Bonchev–Trinajstić information content (AvgIpc) is 3.09. The lowest BCUT2D eigenvalue weighted by Crippen LogP contribution is -2.35. The van der Waals surface area contributed by atoms with E-state index in [1.165, 1.54) is 0 Å². The smallest absolute Gasteiger partial charge is 0.410 e. The van der Waals surface area contributed by atoms with Crippen molar-refractivity contribution in [3.8, 4) is 0 Å². The number of ether oxygens (including phenoxy) is 1. The van der Waals surface area contributed by atoms with E-state index in [4.69, 9.17) is 9.15 Å². The van der Waals surface area contributed by atoms with Crippen molar-refractivity contribution in [2.24, 2.45) is 5.92 Å². The number of benzene rings is 1. The number of oxazole rings is 1. The summed E-state index contributed by atoms with van der Waals surface area (Å²) < 4.78 is 11.0. The maximum atomic E-state index is 12.1. The molecule has 1 saturated heterocycles. The molecule has 1 aromatic carbocycles. The van der Waals surface area contributed by atoms with Gasteiger partial charge >= 0.3 is 6.09 Å². The zero-order valence-electron chi connectivity index (χ0n) is 13.8. The number of nitrogens with one attached hydrogen (secondary N) is 1. The van der Waals surface area contributed by atoms with Gasteiger partial charge in [-0.2, -0.15) is 4.98 Å². The highest BCUT2D eigenvalue weighted by molar-refractivity contribution is 5.74. The van der Waals surface area contributed by atoms with Crippen LogP contribution >= 0.6 is 0 Å². The predicted octanol–water partition coefficient (Wildman–Crippen LogP) is 3.50. The van der Waals surface area contributed by atoms with E-state index in [-0.39, 0.29) is 6.09 Å². The molecule has 0 spiro atoms. The number of hydrogen-bond donors (Lipinski definition) is 1. The molecule has 1 amide bonds. The van der Waals surface area contributed by atoms with Crippen molar-refractivity contribution in [2.45, 2.75) is 32.8 Å². The molecule has 2 heterocycles. The molecule has 0 saturated carbocycles. The number of fused-ring (bicyclic) bond motifs is 1.